The van der Waals surface area contributed by atoms with Crippen LogP contribution in [0.2, 0.25) is 0 Å². The van der Waals surface area contributed by atoms with E-state index in [1.807, 2.05) is 32.0 Å². The van der Waals surface area contributed by atoms with E-state index >= 15 is 0 Å². The molecule has 0 bridgehead atoms. The summed E-state index contributed by atoms with van der Waals surface area (Å²) < 4.78 is 5.40. The van der Waals surface area contributed by atoms with Gasteiger partial charge in [0.15, 0.2) is 6.07 Å². The highest BCUT2D eigenvalue weighted by atomic mass is 16.5. The van der Waals surface area contributed by atoms with E-state index in [0.29, 0.717) is 13.2 Å². The average Bonchev–Trinajstić information content (AvgIpc) is 2.29. The molecule has 1 aromatic rings. The van der Waals surface area contributed by atoms with Crippen molar-refractivity contribution < 1.29 is 9.53 Å². The third-order valence-corrected chi connectivity index (χ3v) is 2.09. The molecule has 1 N–H and O–H groups in total. The second kappa shape index (κ2) is 5.76. The van der Waals surface area contributed by atoms with E-state index in [4.69, 9.17) is 10.00 Å². The Morgan fingerprint density at radius 3 is 2.88 bits per heavy atom. The number of amides is 1. The minimum Gasteiger partial charge on any atom is -0.494 e. The number of hydrogen-bond acceptors (Lipinski definition) is 3. The molecule has 4 nitrogen and oxygen atoms in total. The van der Waals surface area contributed by atoms with Crippen LogP contribution in [0.15, 0.2) is 18.2 Å². The minimum absolute atomic E-state index is 0.361. The molecule has 0 spiro atoms. The molecule has 1 rings (SSSR count). The molecular weight excluding hydrogens is 204 g/mol. The number of nitriles is 1. The number of carbonyl (C=O) groups is 1. The molecule has 0 aliphatic rings. The topological polar surface area (TPSA) is 62.1 Å². The second-order valence-corrected chi connectivity index (χ2v) is 3.33. The molecule has 1 aromatic carbocycles. The van der Waals surface area contributed by atoms with Gasteiger partial charge in [-0.05, 0) is 31.0 Å². The van der Waals surface area contributed by atoms with Crippen LogP contribution < -0.4 is 10.1 Å². The highest BCUT2D eigenvalue weighted by Crippen LogP contribution is 2.18. The second-order valence-electron chi connectivity index (χ2n) is 3.33. The van der Waals surface area contributed by atoms with Crippen LogP contribution in [0.4, 0.5) is 0 Å². The molecule has 0 aromatic heterocycles. The Bertz CT molecular complexity index is 422. The molecule has 16 heavy (non-hydrogen) atoms. The number of hydrogen-bond donors (Lipinski definition) is 1. The van der Waals surface area contributed by atoms with Gasteiger partial charge in [-0.2, -0.15) is 5.26 Å². The molecule has 0 heterocycles. The number of ether oxygens (including phenoxy) is 1. The fourth-order valence-corrected chi connectivity index (χ4v) is 1.36. The lowest BCUT2D eigenvalue weighted by molar-refractivity contribution is -0.116. The molecule has 0 atom stereocenters. The fraction of sp³-hybridized carbons (Fsp3) is 0.333. The first-order valence-corrected chi connectivity index (χ1v) is 5.07. The van der Waals surface area contributed by atoms with Crippen LogP contribution in [-0.2, 0) is 11.3 Å². The summed E-state index contributed by atoms with van der Waals surface area (Å²) in [6.07, 6.45) is 0. The first-order chi connectivity index (χ1) is 7.67. The normalized spacial score (nSPS) is 9.31. The minimum atomic E-state index is -0.619. The molecule has 0 radical (unpaired) electrons. The first kappa shape index (κ1) is 12.1. The first-order valence-electron chi connectivity index (χ1n) is 5.07. The maximum Gasteiger partial charge on any atom is 0.322 e. The van der Waals surface area contributed by atoms with Gasteiger partial charge < -0.3 is 10.1 Å². The molecular formula is C12H14N2O2. The smallest absolute Gasteiger partial charge is 0.322 e. The average molecular weight is 218 g/mol. The summed E-state index contributed by atoms with van der Waals surface area (Å²) in [5.74, 6) is 0.226. The quantitative estimate of drug-likeness (QED) is 0.779. The van der Waals surface area contributed by atoms with Crippen molar-refractivity contribution in [2.75, 3.05) is 6.61 Å². The molecule has 4 heteroatoms. The highest BCUT2D eigenvalue weighted by Gasteiger charge is 2.02. The number of carbonyl (C=O) groups excluding carboxylic acids is 1. The molecule has 0 aliphatic carbocycles. The van der Waals surface area contributed by atoms with Crippen molar-refractivity contribution in [3.05, 3.63) is 29.3 Å². The van der Waals surface area contributed by atoms with Crippen LogP contribution in [0.1, 0.15) is 18.1 Å². The summed E-state index contributed by atoms with van der Waals surface area (Å²) in [4.78, 5) is 10.7. The molecule has 0 saturated heterocycles. The van der Waals surface area contributed by atoms with E-state index < -0.39 is 5.91 Å². The van der Waals surface area contributed by atoms with Crippen LogP contribution in [0, 0.1) is 18.3 Å². The van der Waals surface area contributed by atoms with Crippen molar-refractivity contribution in [2.45, 2.75) is 20.4 Å². The zero-order valence-electron chi connectivity index (χ0n) is 9.41. The Hall–Kier alpha value is -2.02. The van der Waals surface area contributed by atoms with E-state index in [2.05, 4.69) is 5.32 Å². The third-order valence-electron chi connectivity index (χ3n) is 2.09. The van der Waals surface area contributed by atoms with Gasteiger partial charge in [0.25, 0.3) is 0 Å². The lowest BCUT2D eigenvalue weighted by Gasteiger charge is -2.08. The Balaban J connectivity index is 2.67. The monoisotopic (exact) mass is 218 g/mol. The van der Waals surface area contributed by atoms with Gasteiger partial charge in [-0.25, -0.2) is 0 Å². The molecule has 0 unspecified atom stereocenters. The molecule has 0 aliphatic heterocycles. The summed E-state index contributed by atoms with van der Waals surface area (Å²) in [5, 5.41) is 10.8. The lowest BCUT2D eigenvalue weighted by atomic mass is 10.1. The van der Waals surface area contributed by atoms with Gasteiger partial charge in [-0.3, -0.25) is 4.79 Å². The van der Waals surface area contributed by atoms with Gasteiger partial charge >= 0.3 is 5.91 Å². The van der Waals surface area contributed by atoms with Gasteiger partial charge in [-0.1, -0.05) is 12.1 Å². The zero-order valence-corrected chi connectivity index (χ0v) is 9.41. The van der Waals surface area contributed by atoms with Gasteiger partial charge in [0, 0.05) is 6.54 Å². The number of nitrogens with zero attached hydrogens (tertiary/aromatic N) is 1. The molecule has 0 fully saturated rings. The summed E-state index contributed by atoms with van der Waals surface area (Å²) in [5.41, 5.74) is 1.97. The van der Waals surface area contributed by atoms with Crippen molar-refractivity contribution in [3.8, 4) is 11.8 Å². The molecule has 0 saturated carbocycles. The Labute approximate surface area is 94.8 Å². The largest absolute Gasteiger partial charge is 0.494 e. The number of aryl methyl sites for hydroxylation is 1. The third kappa shape index (κ3) is 3.28. The van der Waals surface area contributed by atoms with Crippen molar-refractivity contribution in [3.63, 3.8) is 0 Å². The Morgan fingerprint density at radius 2 is 2.31 bits per heavy atom. The fourth-order valence-electron chi connectivity index (χ4n) is 1.36. The number of benzene rings is 1. The van der Waals surface area contributed by atoms with Crippen molar-refractivity contribution in [1.29, 1.82) is 5.26 Å². The van der Waals surface area contributed by atoms with E-state index in [1.165, 1.54) is 6.07 Å². The summed E-state index contributed by atoms with van der Waals surface area (Å²) >= 11 is 0. The summed E-state index contributed by atoms with van der Waals surface area (Å²) in [6, 6.07) is 7.18. The van der Waals surface area contributed by atoms with Crippen LogP contribution >= 0.6 is 0 Å². The predicted octanol–water partition coefficient (Wildman–Crippen LogP) is 1.53. The van der Waals surface area contributed by atoms with Crippen LogP contribution in [0.3, 0.4) is 0 Å². The Kier molecular flexibility index (Phi) is 4.34. The van der Waals surface area contributed by atoms with Gasteiger partial charge in [0.2, 0.25) is 0 Å². The summed E-state index contributed by atoms with van der Waals surface area (Å²) in [7, 11) is 0. The zero-order chi connectivity index (χ0) is 12.0. The molecule has 1 amide bonds. The standard InChI is InChI=1S/C12H14N2O2/c1-3-16-11-5-4-10(6-9(11)2)8-14-12(15)7-13/h4-6H,3,8H2,1-2H3,(H,14,15). The van der Waals surface area contributed by atoms with Crippen molar-refractivity contribution in [2.24, 2.45) is 0 Å². The molecule has 84 valence electrons. The summed E-state index contributed by atoms with van der Waals surface area (Å²) in [6.45, 7) is 4.87. The van der Waals surface area contributed by atoms with E-state index in [-0.39, 0.29) is 0 Å². The van der Waals surface area contributed by atoms with Crippen LogP contribution in [0.5, 0.6) is 5.75 Å². The predicted molar refractivity (Wildman–Crippen MR) is 59.8 cm³/mol. The lowest BCUT2D eigenvalue weighted by Crippen LogP contribution is -2.20. The number of nitrogens with one attached hydrogen (secondary N) is 1. The maximum atomic E-state index is 10.7. The maximum absolute atomic E-state index is 10.7. The van der Waals surface area contributed by atoms with E-state index in [0.717, 1.165) is 16.9 Å². The Morgan fingerprint density at radius 1 is 1.56 bits per heavy atom. The number of rotatable bonds is 4. The van der Waals surface area contributed by atoms with Gasteiger partial charge in [0.05, 0.1) is 6.61 Å². The highest BCUT2D eigenvalue weighted by molar-refractivity contribution is 5.91. The van der Waals surface area contributed by atoms with Crippen molar-refractivity contribution in [1.82, 2.24) is 5.32 Å². The SMILES string of the molecule is CCOc1ccc(CNC(=O)C#N)cc1C. The van der Waals surface area contributed by atoms with E-state index in [9.17, 15) is 4.79 Å². The van der Waals surface area contributed by atoms with Gasteiger partial charge in [0.1, 0.15) is 5.75 Å². The van der Waals surface area contributed by atoms with Crippen LogP contribution in [0.25, 0.3) is 0 Å². The van der Waals surface area contributed by atoms with Gasteiger partial charge in [-0.15, -0.1) is 0 Å². The van der Waals surface area contributed by atoms with Crippen LogP contribution in [-0.4, -0.2) is 12.5 Å². The van der Waals surface area contributed by atoms with E-state index in [1.54, 1.807) is 0 Å². The van der Waals surface area contributed by atoms with Crippen molar-refractivity contribution >= 4 is 5.91 Å².